The Kier molecular flexibility index (Phi) is 4.97. The molecule has 3 N–H and O–H groups in total. The number of para-hydroxylation sites is 1. The van der Waals surface area contributed by atoms with E-state index in [1.54, 1.807) is 0 Å². The average Bonchev–Trinajstić information content (AvgIpc) is 2.25. The van der Waals surface area contributed by atoms with Crippen LogP contribution in [-0.2, 0) is 11.3 Å². The van der Waals surface area contributed by atoms with Crippen molar-refractivity contribution in [1.29, 1.82) is 0 Å². The zero-order chi connectivity index (χ0) is 12.8. The molecule has 4 heteroatoms. The quantitative estimate of drug-likeness (QED) is 0.776. The van der Waals surface area contributed by atoms with E-state index in [0.717, 1.165) is 12.2 Å². The molecule has 0 bridgehead atoms. The normalized spacial score (nSPS) is 10.6. The van der Waals surface area contributed by atoms with Gasteiger partial charge in [0.25, 0.3) is 0 Å². The second kappa shape index (κ2) is 6.25. The molecule has 94 valence electrons. The van der Waals surface area contributed by atoms with Crippen LogP contribution in [0.1, 0.15) is 19.4 Å². The summed E-state index contributed by atoms with van der Waals surface area (Å²) in [5, 5.41) is 3.37. The first kappa shape index (κ1) is 13.5. The number of carbonyl (C=O) groups excluding carboxylic acids is 1. The van der Waals surface area contributed by atoms with Gasteiger partial charge >= 0.3 is 0 Å². The molecule has 17 heavy (non-hydrogen) atoms. The number of nitrogens with one attached hydrogen (secondary N) is 1. The van der Waals surface area contributed by atoms with Crippen LogP contribution >= 0.6 is 0 Å². The van der Waals surface area contributed by atoms with Crippen molar-refractivity contribution < 1.29 is 4.79 Å². The minimum absolute atomic E-state index is 0.235. The number of nitrogens with two attached hydrogens (primary N) is 1. The molecule has 0 aliphatic heterocycles. The Labute approximate surface area is 103 Å². The summed E-state index contributed by atoms with van der Waals surface area (Å²) in [7, 11) is 1.87. The predicted octanol–water partition coefficient (Wildman–Crippen LogP) is 1.11. The van der Waals surface area contributed by atoms with Gasteiger partial charge in [-0.2, -0.15) is 0 Å². The first-order valence-electron chi connectivity index (χ1n) is 5.81. The minimum atomic E-state index is -0.320. The van der Waals surface area contributed by atoms with E-state index in [1.807, 2.05) is 30.1 Å². The summed E-state index contributed by atoms with van der Waals surface area (Å²) < 4.78 is 0. The number of carbonyl (C=O) groups is 1. The molecule has 0 saturated heterocycles. The summed E-state index contributed by atoms with van der Waals surface area (Å²) >= 11 is 0. The molecule has 0 fully saturated rings. The molecular formula is C13H21N3O. The Bertz CT molecular complexity index is 377. The van der Waals surface area contributed by atoms with E-state index in [4.69, 9.17) is 5.73 Å². The van der Waals surface area contributed by atoms with Gasteiger partial charge in [-0.3, -0.25) is 4.79 Å². The third kappa shape index (κ3) is 4.44. The van der Waals surface area contributed by atoms with Gasteiger partial charge in [0.15, 0.2) is 0 Å². The number of benzene rings is 1. The van der Waals surface area contributed by atoms with Crippen molar-refractivity contribution in [2.45, 2.75) is 26.4 Å². The number of hydrogen-bond donors (Lipinski definition) is 2. The maximum Gasteiger partial charge on any atom is 0.236 e. The predicted molar refractivity (Wildman–Crippen MR) is 70.9 cm³/mol. The highest BCUT2D eigenvalue weighted by Gasteiger charge is 2.08. The maximum atomic E-state index is 10.9. The molecule has 0 unspecified atom stereocenters. The number of rotatable bonds is 6. The lowest BCUT2D eigenvalue weighted by molar-refractivity contribution is -0.116. The second-order valence-electron chi connectivity index (χ2n) is 4.49. The highest BCUT2D eigenvalue weighted by molar-refractivity contribution is 5.79. The van der Waals surface area contributed by atoms with Crippen LogP contribution in [0.5, 0.6) is 0 Å². The van der Waals surface area contributed by atoms with E-state index in [-0.39, 0.29) is 12.5 Å². The van der Waals surface area contributed by atoms with Gasteiger partial charge in [0.1, 0.15) is 0 Å². The SMILES string of the molecule is CC(C)NCc1ccccc1N(C)CC(N)=O. The lowest BCUT2D eigenvalue weighted by atomic mass is 10.1. The van der Waals surface area contributed by atoms with Crippen molar-refractivity contribution in [2.75, 3.05) is 18.5 Å². The molecule has 0 saturated carbocycles. The fourth-order valence-corrected chi connectivity index (χ4v) is 1.67. The van der Waals surface area contributed by atoms with Crippen molar-refractivity contribution in [3.05, 3.63) is 29.8 Å². The molecule has 0 radical (unpaired) electrons. The van der Waals surface area contributed by atoms with E-state index in [2.05, 4.69) is 25.2 Å². The standard InChI is InChI=1S/C13H21N3O/c1-10(2)15-8-11-6-4-5-7-12(11)16(3)9-13(14)17/h4-7,10,15H,8-9H2,1-3H3,(H2,14,17). The van der Waals surface area contributed by atoms with Crippen molar-refractivity contribution in [1.82, 2.24) is 5.32 Å². The number of nitrogens with zero attached hydrogens (tertiary/aromatic N) is 1. The van der Waals surface area contributed by atoms with E-state index < -0.39 is 0 Å². The van der Waals surface area contributed by atoms with Gasteiger partial charge in [0.05, 0.1) is 6.54 Å². The summed E-state index contributed by atoms with van der Waals surface area (Å²) in [6.07, 6.45) is 0. The Morgan fingerprint density at radius 1 is 1.41 bits per heavy atom. The average molecular weight is 235 g/mol. The molecule has 0 aliphatic carbocycles. The fourth-order valence-electron chi connectivity index (χ4n) is 1.67. The van der Waals surface area contributed by atoms with E-state index in [1.165, 1.54) is 5.56 Å². The lowest BCUT2D eigenvalue weighted by Gasteiger charge is -2.21. The summed E-state index contributed by atoms with van der Waals surface area (Å²) in [6.45, 7) is 5.24. The van der Waals surface area contributed by atoms with Crippen LogP contribution in [-0.4, -0.2) is 25.5 Å². The van der Waals surface area contributed by atoms with Crippen LogP contribution in [0.15, 0.2) is 24.3 Å². The van der Waals surface area contributed by atoms with E-state index >= 15 is 0 Å². The van der Waals surface area contributed by atoms with Crippen LogP contribution in [0.25, 0.3) is 0 Å². The third-order valence-corrected chi connectivity index (χ3v) is 2.50. The number of hydrogen-bond acceptors (Lipinski definition) is 3. The summed E-state index contributed by atoms with van der Waals surface area (Å²) in [5.41, 5.74) is 7.42. The Hall–Kier alpha value is -1.55. The van der Waals surface area contributed by atoms with Crippen LogP contribution in [0.4, 0.5) is 5.69 Å². The van der Waals surface area contributed by atoms with Crippen LogP contribution < -0.4 is 16.0 Å². The van der Waals surface area contributed by atoms with Gasteiger partial charge < -0.3 is 16.0 Å². The Morgan fingerprint density at radius 3 is 2.65 bits per heavy atom. The molecule has 0 spiro atoms. The Morgan fingerprint density at radius 2 is 2.06 bits per heavy atom. The van der Waals surface area contributed by atoms with Crippen molar-refractivity contribution in [2.24, 2.45) is 5.73 Å². The first-order chi connectivity index (χ1) is 8.00. The van der Waals surface area contributed by atoms with Gasteiger partial charge in [0, 0.05) is 25.3 Å². The molecular weight excluding hydrogens is 214 g/mol. The van der Waals surface area contributed by atoms with E-state index in [9.17, 15) is 4.79 Å². The second-order valence-corrected chi connectivity index (χ2v) is 4.49. The van der Waals surface area contributed by atoms with E-state index in [0.29, 0.717) is 6.04 Å². The van der Waals surface area contributed by atoms with Gasteiger partial charge in [-0.05, 0) is 11.6 Å². The monoisotopic (exact) mass is 235 g/mol. The van der Waals surface area contributed by atoms with Gasteiger partial charge in [-0.15, -0.1) is 0 Å². The molecule has 1 aromatic rings. The van der Waals surface area contributed by atoms with Gasteiger partial charge in [-0.1, -0.05) is 32.0 Å². The summed E-state index contributed by atoms with van der Waals surface area (Å²) in [5.74, 6) is -0.320. The molecule has 1 rings (SSSR count). The molecule has 1 aromatic carbocycles. The molecule has 0 aliphatic rings. The van der Waals surface area contributed by atoms with Crippen molar-refractivity contribution in [3.63, 3.8) is 0 Å². The fraction of sp³-hybridized carbons (Fsp3) is 0.462. The molecule has 0 heterocycles. The molecule has 0 aromatic heterocycles. The van der Waals surface area contributed by atoms with Crippen molar-refractivity contribution in [3.8, 4) is 0 Å². The van der Waals surface area contributed by atoms with Crippen LogP contribution in [0, 0.1) is 0 Å². The number of primary amides is 1. The highest BCUT2D eigenvalue weighted by atomic mass is 16.1. The largest absolute Gasteiger partial charge is 0.368 e. The molecule has 1 amide bonds. The summed E-state index contributed by atoms with van der Waals surface area (Å²) in [6, 6.07) is 8.46. The lowest BCUT2D eigenvalue weighted by Crippen LogP contribution is -2.32. The third-order valence-electron chi connectivity index (χ3n) is 2.50. The van der Waals surface area contributed by atoms with Gasteiger partial charge in [-0.25, -0.2) is 0 Å². The number of amides is 1. The maximum absolute atomic E-state index is 10.9. The number of anilines is 1. The minimum Gasteiger partial charge on any atom is -0.368 e. The first-order valence-corrected chi connectivity index (χ1v) is 5.81. The Balaban J connectivity index is 2.79. The summed E-state index contributed by atoms with van der Waals surface area (Å²) in [4.78, 5) is 12.8. The van der Waals surface area contributed by atoms with Crippen LogP contribution in [0.2, 0.25) is 0 Å². The molecule has 4 nitrogen and oxygen atoms in total. The number of likely N-dealkylation sites (N-methyl/N-ethyl adjacent to an activating group) is 1. The van der Waals surface area contributed by atoms with Crippen molar-refractivity contribution >= 4 is 11.6 Å². The topological polar surface area (TPSA) is 58.4 Å². The van der Waals surface area contributed by atoms with Crippen LogP contribution in [0.3, 0.4) is 0 Å². The zero-order valence-electron chi connectivity index (χ0n) is 10.7. The highest BCUT2D eigenvalue weighted by Crippen LogP contribution is 2.18. The smallest absolute Gasteiger partial charge is 0.236 e. The molecule has 0 atom stereocenters. The zero-order valence-corrected chi connectivity index (χ0v) is 10.7. The van der Waals surface area contributed by atoms with Gasteiger partial charge in [0.2, 0.25) is 5.91 Å².